The van der Waals surface area contributed by atoms with Gasteiger partial charge in [-0.1, -0.05) is 6.92 Å². The molecule has 0 saturated carbocycles. The van der Waals surface area contributed by atoms with Crippen molar-refractivity contribution in [3.05, 3.63) is 16.1 Å². The minimum atomic E-state index is 0.575. The van der Waals surface area contributed by atoms with Crippen LogP contribution in [0.3, 0.4) is 0 Å². The molecule has 0 aliphatic carbocycles. The molecular weight excluding hydrogens is 156 g/mol. The summed E-state index contributed by atoms with van der Waals surface area (Å²) in [6, 6.07) is 0. The maximum Gasteiger partial charge on any atom is 0.0896 e. The minimum absolute atomic E-state index is 0.575. The summed E-state index contributed by atoms with van der Waals surface area (Å²) in [5.74, 6) is 0.575. The average molecular weight is 170 g/mol. The third-order valence-corrected chi connectivity index (χ3v) is 2.87. The smallest absolute Gasteiger partial charge is 0.0896 e. The largest absolute Gasteiger partial charge is 0.330 e. The molecule has 2 nitrogen and oxygen atoms in total. The van der Waals surface area contributed by atoms with Gasteiger partial charge in [-0.3, -0.25) is 0 Å². The van der Waals surface area contributed by atoms with Crippen molar-refractivity contribution in [2.24, 2.45) is 5.73 Å². The Morgan fingerprint density at radius 3 is 2.91 bits per heavy atom. The highest BCUT2D eigenvalue weighted by atomic mass is 32.1. The molecule has 0 amide bonds. The van der Waals surface area contributed by atoms with Gasteiger partial charge < -0.3 is 5.73 Å². The van der Waals surface area contributed by atoms with E-state index in [0.29, 0.717) is 5.92 Å². The van der Waals surface area contributed by atoms with Crippen molar-refractivity contribution in [2.75, 3.05) is 6.54 Å². The summed E-state index contributed by atoms with van der Waals surface area (Å²) in [5.41, 5.74) is 5.46. The van der Waals surface area contributed by atoms with E-state index >= 15 is 0 Å². The highest BCUT2D eigenvalue weighted by molar-refractivity contribution is 7.11. The monoisotopic (exact) mass is 170 g/mol. The lowest BCUT2D eigenvalue weighted by atomic mass is 10.1. The molecule has 0 saturated heterocycles. The van der Waals surface area contributed by atoms with Gasteiger partial charge in [-0.15, -0.1) is 11.3 Å². The molecule has 0 radical (unpaired) electrons. The molecule has 1 heterocycles. The van der Waals surface area contributed by atoms with Crippen LogP contribution in [0.25, 0.3) is 0 Å². The Bertz CT molecular complexity index is 220. The number of nitrogens with two attached hydrogens (primary N) is 1. The zero-order valence-electron chi connectivity index (χ0n) is 7.00. The summed E-state index contributed by atoms with van der Waals surface area (Å²) in [4.78, 5) is 5.55. The van der Waals surface area contributed by atoms with Gasteiger partial charge in [-0.25, -0.2) is 4.98 Å². The Labute approximate surface area is 71.5 Å². The second kappa shape index (κ2) is 3.83. The van der Waals surface area contributed by atoms with Crippen LogP contribution in [-0.2, 0) is 0 Å². The highest BCUT2D eigenvalue weighted by Crippen LogP contribution is 2.23. The number of hydrogen-bond acceptors (Lipinski definition) is 3. The number of thiazole rings is 1. The molecule has 11 heavy (non-hydrogen) atoms. The fourth-order valence-electron chi connectivity index (χ4n) is 0.998. The molecule has 1 aromatic heterocycles. The number of aryl methyl sites for hydroxylation is 1. The number of rotatable bonds is 3. The zero-order chi connectivity index (χ0) is 8.27. The Morgan fingerprint density at radius 1 is 1.73 bits per heavy atom. The molecule has 1 rings (SSSR count). The molecule has 0 spiro atoms. The van der Waals surface area contributed by atoms with Crippen molar-refractivity contribution < 1.29 is 0 Å². The maximum atomic E-state index is 5.46. The van der Waals surface area contributed by atoms with Gasteiger partial charge in [0.1, 0.15) is 0 Å². The van der Waals surface area contributed by atoms with E-state index in [-0.39, 0.29) is 0 Å². The zero-order valence-corrected chi connectivity index (χ0v) is 7.82. The standard InChI is InChI=1S/C8H14N2S/c1-6(3-4-9)8-5-10-7(2)11-8/h5-6H,3-4,9H2,1-2H3. The van der Waals surface area contributed by atoms with Crippen LogP contribution in [0, 0.1) is 6.92 Å². The topological polar surface area (TPSA) is 38.9 Å². The molecule has 62 valence electrons. The predicted octanol–water partition coefficient (Wildman–Crippen LogP) is 1.90. The van der Waals surface area contributed by atoms with Gasteiger partial charge in [0.25, 0.3) is 0 Å². The lowest BCUT2D eigenvalue weighted by Gasteiger charge is -2.04. The Balaban J connectivity index is 2.60. The normalized spacial score (nSPS) is 13.4. The average Bonchev–Trinajstić information content (AvgIpc) is 2.36. The van der Waals surface area contributed by atoms with E-state index in [1.165, 1.54) is 4.88 Å². The van der Waals surface area contributed by atoms with Crippen LogP contribution in [0.4, 0.5) is 0 Å². The van der Waals surface area contributed by atoms with E-state index in [2.05, 4.69) is 11.9 Å². The molecule has 0 aliphatic heterocycles. The predicted molar refractivity (Wildman–Crippen MR) is 48.9 cm³/mol. The molecule has 1 atom stereocenters. The van der Waals surface area contributed by atoms with Crippen LogP contribution in [0.15, 0.2) is 6.20 Å². The van der Waals surface area contributed by atoms with Gasteiger partial charge in [-0.2, -0.15) is 0 Å². The summed E-state index contributed by atoms with van der Waals surface area (Å²) >= 11 is 1.77. The van der Waals surface area contributed by atoms with Gasteiger partial charge in [0.2, 0.25) is 0 Å². The quantitative estimate of drug-likeness (QED) is 0.752. The fourth-order valence-corrected chi connectivity index (χ4v) is 1.87. The molecule has 0 aliphatic rings. The lowest BCUT2D eigenvalue weighted by Crippen LogP contribution is -2.03. The second-order valence-electron chi connectivity index (χ2n) is 2.76. The van der Waals surface area contributed by atoms with Gasteiger partial charge in [0.05, 0.1) is 5.01 Å². The first-order valence-corrected chi connectivity index (χ1v) is 4.68. The summed E-state index contributed by atoms with van der Waals surface area (Å²) < 4.78 is 0. The molecule has 2 N–H and O–H groups in total. The van der Waals surface area contributed by atoms with Crippen LogP contribution in [0.2, 0.25) is 0 Å². The molecule has 0 bridgehead atoms. The van der Waals surface area contributed by atoms with E-state index in [1.54, 1.807) is 11.3 Å². The van der Waals surface area contributed by atoms with Gasteiger partial charge in [0.15, 0.2) is 0 Å². The summed E-state index contributed by atoms with van der Waals surface area (Å²) in [7, 11) is 0. The molecule has 3 heteroatoms. The Morgan fingerprint density at radius 2 is 2.45 bits per heavy atom. The van der Waals surface area contributed by atoms with Crippen LogP contribution >= 0.6 is 11.3 Å². The van der Waals surface area contributed by atoms with Crippen molar-refractivity contribution in [1.82, 2.24) is 4.98 Å². The van der Waals surface area contributed by atoms with E-state index in [4.69, 9.17) is 5.73 Å². The van der Waals surface area contributed by atoms with Crippen molar-refractivity contribution in [2.45, 2.75) is 26.2 Å². The maximum absolute atomic E-state index is 5.46. The van der Waals surface area contributed by atoms with Crippen LogP contribution in [0.1, 0.15) is 29.1 Å². The fraction of sp³-hybridized carbons (Fsp3) is 0.625. The first-order chi connectivity index (χ1) is 5.24. The number of hydrogen-bond donors (Lipinski definition) is 1. The molecule has 0 aromatic carbocycles. The molecule has 0 fully saturated rings. The molecule has 1 aromatic rings. The molecular formula is C8H14N2S. The highest BCUT2D eigenvalue weighted by Gasteiger charge is 2.06. The van der Waals surface area contributed by atoms with Gasteiger partial charge in [0, 0.05) is 11.1 Å². The minimum Gasteiger partial charge on any atom is -0.330 e. The van der Waals surface area contributed by atoms with Crippen LogP contribution < -0.4 is 5.73 Å². The van der Waals surface area contributed by atoms with Crippen molar-refractivity contribution in [3.63, 3.8) is 0 Å². The van der Waals surface area contributed by atoms with Crippen molar-refractivity contribution >= 4 is 11.3 Å². The van der Waals surface area contributed by atoms with Crippen LogP contribution in [0.5, 0.6) is 0 Å². The van der Waals surface area contributed by atoms with Crippen molar-refractivity contribution in [3.8, 4) is 0 Å². The van der Waals surface area contributed by atoms with E-state index in [9.17, 15) is 0 Å². The third-order valence-electron chi connectivity index (χ3n) is 1.72. The SMILES string of the molecule is Cc1ncc(C(C)CCN)s1. The Hall–Kier alpha value is -0.410. The molecule has 1 unspecified atom stereocenters. The summed E-state index contributed by atoms with van der Waals surface area (Å²) in [6.45, 7) is 4.99. The summed E-state index contributed by atoms with van der Waals surface area (Å²) in [6.07, 6.45) is 3.02. The van der Waals surface area contributed by atoms with Crippen LogP contribution in [-0.4, -0.2) is 11.5 Å². The summed E-state index contributed by atoms with van der Waals surface area (Å²) in [5, 5.41) is 1.14. The second-order valence-corrected chi connectivity index (χ2v) is 4.03. The third kappa shape index (κ3) is 2.27. The van der Waals surface area contributed by atoms with E-state index in [1.807, 2.05) is 13.1 Å². The van der Waals surface area contributed by atoms with Crippen molar-refractivity contribution in [1.29, 1.82) is 0 Å². The first kappa shape index (κ1) is 8.68. The number of aromatic nitrogens is 1. The Kier molecular flexibility index (Phi) is 3.02. The van der Waals surface area contributed by atoms with E-state index in [0.717, 1.165) is 18.0 Å². The van der Waals surface area contributed by atoms with Gasteiger partial charge in [-0.05, 0) is 25.8 Å². The lowest BCUT2D eigenvalue weighted by molar-refractivity contribution is 0.700. The number of nitrogens with zero attached hydrogens (tertiary/aromatic N) is 1. The van der Waals surface area contributed by atoms with E-state index < -0.39 is 0 Å². The van der Waals surface area contributed by atoms with Gasteiger partial charge >= 0.3 is 0 Å². The first-order valence-electron chi connectivity index (χ1n) is 3.86.